The van der Waals surface area contributed by atoms with Gasteiger partial charge in [-0.2, -0.15) is 15.1 Å². The van der Waals surface area contributed by atoms with Gasteiger partial charge in [0.2, 0.25) is 5.95 Å². The fourth-order valence-electron chi connectivity index (χ4n) is 4.34. The summed E-state index contributed by atoms with van der Waals surface area (Å²) in [4.78, 5) is 19.5. The maximum absolute atomic E-state index is 5.05. The van der Waals surface area contributed by atoms with Gasteiger partial charge in [0, 0.05) is 66.0 Å². The van der Waals surface area contributed by atoms with Crippen molar-refractivity contribution >= 4 is 22.8 Å². The molecule has 2 fully saturated rings. The molecule has 2 aromatic heterocycles. The number of aromatic nitrogens is 4. The lowest BCUT2D eigenvalue weighted by atomic mass is 10.2. The second kappa shape index (κ2) is 8.20. The van der Waals surface area contributed by atoms with E-state index in [9.17, 15) is 0 Å². The molecule has 8 heteroatoms. The lowest BCUT2D eigenvalue weighted by Crippen LogP contribution is -2.47. The van der Waals surface area contributed by atoms with E-state index in [0.717, 1.165) is 81.7 Å². The Bertz CT molecular complexity index is 985. The van der Waals surface area contributed by atoms with Gasteiger partial charge >= 0.3 is 0 Å². The quantitative estimate of drug-likeness (QED) is 0.650. The summed E-state index contributed by atoms with van der Waals surface area (Å²) in [5.41, 5.74) is 2.29. The number of fused-ring (bicyclic) bond motifs is 1. The first kappa shape index (κ1) is 19.3. The van der Waals surface area contributed by atoms with Crippen LogP contribution in [0.15, 0.2) is 36.5 Å². The van der Waals surface area contributed by atoms with Crippen LogP contribution in [-0.2, 0) is 13.6 Å². The van der Waals surface area contributed by atoms with Gasteiger partial charge in [0.1, 0.15) is 5.82 Å². The molecule has 2 aliphatic rings. The molecule has 0 bridgehead atoms. The zero-order valence-electron chi connectivity index (χ0n) is 17.9. The van der Waals surface area contributed by atoms with Crippen molar-refractivity contribution in [3.8, 4) is 0 Å². The highest BCUT2D eigenvalue weighted by Gasteiger charge is 2.24. The highest BCUT2D eigenvalue weighted by molar-refractivity contribution is 5.88. The second-order valence-electron chi connectivity index (χ2n) is 8.39. The van der Waals surface area contributed by atoms with Crippen LogP contribution in [0.5, 0.6) is 0 Å². The molecule has 4 heterocycles. The molecule has 158 valence electrons. The molecule has 0 radical (unpaired) electrons. The molecule has 0 unspecified atom stereocenters. The standard InChI is InChI=1S/C22H30N8/c1-26-8-12-29(13-9-26)21-19-16-23-27(2)20(19)24-22(25-21)30-14-10-28(11-15-30)17-18-6-4-3-5-7-18/h3-7,16H,8-15,17H2,1-2H3. The molecule has 0 spiro atoms. The Balaban J connectivity index is 1.35. The van der Waals surface area contributed by atoms with Gasteiger partial charge in [-0.3, -0.25) is 9.58 Å². The third-order valence-electron chi connectivity index (χ3n) is 6.27. The Morgan fingerprint density at radius 2 is 1.50 bits per heavy atom. The number of hydrogen-bond donors (Lipinski definition) is 0. The molecule has 2 saturated heterocycles. The number of likely N-dealkylation sites (N-methyl/N-ethyl adjacent to an activating group) is 1. The third kappa shape index (κ3) is 3.85. The van der Waals surface area contributed by atoms with Crippen molar-refractivity contribution in [3.05, 3.63) is 42.1 Å². The van der Waals surface area contributed by atoms with Crippen LogP contribution >= 0.6 is 0 Å². The van der Waals surface area contributed by atoms with Crippen LogP contribution in [0.2, 0.25) is 0 Å². The molecule has 0 amide bonds. The minimum atomic E-state index is 0.833. The van der Waals surface area contributed by atoms with E-state index in [4.69, 9.17) is 9.97 Å². The molecular weight excluding hydrogens is 376 g/mol. The Hall–Kier alpha value is -2.71. The number of rotatable bonds is 4. The first-order chi connectivity index (χ1) is 14.7. The minimum Gasteiger partial charge on any atom is -0.353 e. The average molecular weight is 407 g/mol. The smallest absolute Gasteiger partial charge is 0.229 e. The number of piperazine rings is 2. The van der Waals surface area contributed by atoms with Crippen molar-refractivity contribution in [2.45, 2.75) is 6.54 Å². The van der Waals surface area contributed by atoms with Crippen LogP contribution in [0, 0.1) is 0 Å². The molecule has 30 heavy (non-hydrogen) atoms. The predicted molar refractivity (Wildman–Crippen MR) is 120 cm³/mol. The Labute approximate surface area is 177 Å². The molecule has 0 atom stereocenters. The fourth-order valence-corrected chi connectivity index (χ4v) is 4.34. The molecule has 5 rings (SSSR count). The summed E-state index contributed by atoms with van der Waals surface area (Å²) in [5.74, 6) is 1.86. The maximum atomic E-state index is 5.05. The van der Waals surface area contributed by atoms with Gasteiger partial charge in [-0.25, -0.2) is 0 Å². The van der Waals surface area contributed by atoms with Crippen molar-refractivity contribution in [2.75, 3.05) is 69.2 Å². The molecule has 2 aliphatic heterocycles. The van der Waals surface area contributed by atoms with Crippen LogP contribution in [0.1, 0.15) is 5.56 Å². The van der Waals surface area contributed by atoms with Gasteiger partial charge in [-0.1, -0.05) is 30.3 Å². The van der Waals surface area contributed by atoms with E-state index < -0.39 is 0 Å². The molecule has 8 nitrogen and oxygen atoms in total. The van der Waals surface area contributed by atoms with Crippen molar-refractivity contribution < 1.29 is 0 Å². The van der Waals surface area contributed by atoms with E-state index in [1.807, 2.05) is 17.9 Å². The molecular formula is C22H30N8. The van der Waals surface area contributed by atoms with E-state index >= 15 is 0 Å². The molecule has 1 aromatic carbocycles. The van der Waals surface area contributed by atoms with E-state index in [-0.39, 0.29) is 0 Å². The number of hydrogen-bond acceptors (Lipinski definition) is 7. The highest BCUT2D eigenvalue weighted by Crippen LogP contribution is 2.27. The zero-order valence-corrected chi connectivity index (χ0v) is 17.9. The summed E-state index contributed by atoms with van der Waals surface area (Å²) in [5, 5.41) is 5.51. The van der Waals surface area contributed by atoms with Crippen molar-refractivity contribution in [3.63, 3.8) is 0 Å². The highest BCUT2D eigenvalue weighted by atomic mass is 15.4. The van der Waals surface area contributed by atoms with E-state index in [1.165, 1.54) is 5.56 Å². The van der Waals surface area contributed by atoms with Crippen molar-refractivity contribution in [1.82, 2.24) is 29.5 Å². The number of benzene rings is 1. The van der Waals surface area contributed by atoms with Gasteiger partial charge in [-0.05, 0) is 12.6 Å². The third-order valence-corrected chi connectivity index (χ3v) is 6.27. The first-order valence-electron chi connectivity index (χ1n) is 10.8. The molecule has 0 aliphatic carbocycles. The Morgan fingerprint density at radius 1 is 0.800 bits per heavy atom. The van der Waals surface area contributed by atoms with Crippen LogP contribution in [0.4, 0.5) is 11.8 Å². The summed E-state index contributed by atoms with van der Waals surface area (Å²) in [6.07, 6.45) is 1.91. The number of nitrogens with zero attached hydrogens (tertiary/aromatic N) is 8. The van der Waals surface area contributed by atoms with E-state index in [0.29, 0.717) is 0 Å². The van der Waals surface area contributed by atoms with Crippen LogP contribution in [0.3, 0.4) is 0 Å². The first-order valence-corrected chi connectivity index (χ1v) is 10.8. The normalized spacial score (nSPS) is 19.0. The van der Waals surface area contributed by atoms with E-state index in [1.54, 1.807) is 0 Å². The molecule has 0 saturated carbocycles. The average Bonchev–Trinajstić information content (AvgIpc) is 3.16. The fraction of sp³-hybridized carbons (Fsp3) is 0.500. The number of anilines is 2. The SMILES string of the molecule is CN1CCN(c2nc(N3CCN(Cc4ccccc4)CC3)nc3c2cnn3C)CC1. The summed E-state index contributed by atoms with van der Waals surface area (Å²) < 4.78 is 1.87. The molecule has 3 aromatic rings. The largest absolute Gasteiger partial charge is 0.353 e. The maximum Gasteiger partial charge on any atom is 0.229 e. The zero-order chi connectivity index (χ0) is 20.5. The van der Waals surface area contributed by atoms with Crippen molar-refractivity contribution in [2.24, 2.45) is 7.05 Å². The van der Waals surface area contributed by atoms with Crippen LogP contribution in [0.25, 0.3) is 11.0 Å². The van der Waals surface area contributed by atoms with Gasteiger partial charge in [0.05, 0.1) is 11.6 Å². The Kier molecular flexibility index (Phi) is 5.26. The molecule has 0 N–H and O–H groups in total. The summed E-state index contributed by atoms with van der Waals surface area (Å²) >= 11 is 0. The summed E-state index contributed by atoms with van der Waals surface area (Å²) in [6, 6.07) is 10.7. The van der Waals surface area contributed by atoms with Crippen LogP contribution < -0.4 is 9.80 Å². The van der Waals surface area contributed by atoms with E-state index in [2.05, 4.69) is 62.1 Å². The van der Waals surface area contributed by atoms with Gasteiger partial charge < -0.3 is 14.7 Å². The summed E-state index contributed by atoms with van der Waals surface area (Å²) in [6.45, 7) is 9.01. The topological polar surface area (TPSA) is 56.6 Å². The van der Waals surface area contributed by atoms with Crippen molar-refractivity contribution in [1.29, 1.82) is 0 Å². The van der Waals surface area contributed by atoms with Crippen LogP contribution in [-0.4, -0.2) is 89.0 Å². The predicted octanol–water partition coefficient (Wildman–Crippen LogP) is 1.44. The summed E-state index contributed by atoms with van der Waals surface area (Å²) in [7, 11) is 4.14. The van der Waals surface area contributed by atoms with Gasteiger partial charge in [0.15, 0.2) is 5.65 Å². The van der Waals surface area contributed by atoms with Gasteiger partial charge in [0.25, 0.3) is 0 Å². The Morgan fingerprint density at radius 3 is 2.23 bits per heavy atom. The monoisotopic (exact) mass is 406 g/mol. The van der Waals surface area contributed by atoms with Gasteiger partial charge in [-0.15, -0.1) is 0 Å². The lowest BCUT2D eigenvalue weighted by Gasteiger charge is -2.36. The minimum absolute atomic E-state index is 0.833. The lowest BCUT2D eigenvalue weighted by molar-refractivity contribution is 0.248. The second-order valence-corrected chi connectivity index (χ2v) is 8.39. The number of aryl methyl sites for hydroxylation is 1.